The molecule has 74 valence electrons. The molecule has 0 saturated heterocycles. The van der Waals surface area contributed by atoms with Crippen LogP contribution >= 0.6 is 15.9 Å². The first-order chi connectivity index (χ1) is 6.66. The van der Waals surface area contributed by atoms with E-state index in [-0.39, 0.29) is 5.69 Å². The number of aromatic amines is 1. The topological polar surface area (TPSA) is 63.0 Å². The van der Waals surface area contributed by atoms with Gasteiger partial charge in [-0.3, -0.25) is 0 Å². The fourth-order valence-corrected chi connectivity index (χ4v) is 1.58. The molecule has 1 atom stereocenters. The van der Waals surface area contributed by atoms with Gasteiger partial charge in [0.2, 0.25) is 0 Å². The van der Waals surface area contributed by atoms with Gasteiger partial charge in [0.25, 0.3) is 0 Å². The van der Waals surface area contributed by atoms with Crippen LogP contribution in [0.4, 0.5) is 0 Å². The Kier molecular flexibility index (Phi) is 2.37. The summed E-state index contributed by atoms with van der Waals surface area (Å²) in [5.74, 6) is 0. The number of nitrogens with one attached hydrogen (secondary N) is 1. The lowest BCUT2D eigenvalue weighted by molar-refractivity contribution is 0.889. The van der Waals surface area contributed by atoms with Gasteiger partial charge in [0.05, 0.1) is 0 Å². The largest absolute Gasteiger partial charge is 0.348 e. The minimum atomic E-state index is -0.258. The number of H-pyrrole nitrogens is 1. The third-order valence-corrected chi connectivity index (χ3v) is 2.18. The van der Waals surface area contributed by atoms with Crippen molar-refractivity contribution in [3.8, 4) is 0 Å². The highest BCUT2D eigenvalue weighted by Gasteiger charge is 2.04. The van der Waals surface area contributed by atoms with Crippen molar-refractivity contribution in [1.82, 2.24) is 19.6 Å². The normalized spacial score (nSPS) is 13.3. The van der Waals surface area contributed by atoms with E-state index in [0.717, 1.165) is 12.1 Å². The van der Waals surface area contributed by atoms with Gasteiger partial charge in [0.15, 0.2) is 5.65 Å². The lowest BCUT2D eigenvalue weighted by Crippen LogP contribution is -2.10. The second kappa shape index (κ2) is 3.53. The lowest BCUT2D eigenvalue weighted by atomic mass is 10.2. The van der Waals surface area contributed by atoms with Gasteiger partial charge in [-0.1, -0.05) is 22.9 Å². The SMILES string of the molecule is CC(Br)Cc1cc2n[nH]c(=O)n2cn1. The van der Waals surface area contributed by atoms with Crippen LogP contribution in [0.15, 0.2) is 17.2 Å². The summed E-state index contributed by atoms with van der Waals surface area (Å²) in [7, 11) is 0. The Bertz CT molecular complexity index is 501. The Morgan fingerprint density at radius 1 is 1.71 bits per heavy atom. The van der Waals surface area contributed by atoms with Crippen molar-refractivity contribution < 1.29 is 0 Å². The number of hydrogen-bond acceptors (Lipinski definition) is 3. The summed E-state index contributed by atoms with van der Waals surface area (Å²) in [5.41, 5.74) is 1.26. The Balaban J connectivity index is 2.47. The molecule has 0 aliphatic carbocycles. The summed E-state index contributed by atoms with van der Waals surface area (Å²) >= 11 is 3.44. The fourth-order valence-electron chi connectivity index (χ4n) is 1.25. The first kappa shape index (κ1) is 9.39. The third-order valence-electron chi connectivity index (χ3n) is 1.86. The molecule has 1 N–H and O–H groups in total. The van der Waals surface area contributed by atoms with Gasteiger partial charge in [0, 0.05) is 23.0 Å². The summed E-state index contributed by atoms with van der Waals surface area (Å²) in [6.45, 7) is 2.04. The monoisotopic (exact) mass is 256 g/mol. The van der Waals surface area contributed by atoms with Crippen LogP contribution in [0, 0.1) is 0 Å². The highest BCUT2D eigenvalue weighted by Crippen LogP contribution is 2.07. The van der Waals surface area contributed by atoms with Crippen molar-refractivity contribution >= 4 is 21.6 Å². The van der Waals surface area contributed by atoms with Gasteiger partial charge in [-0.25, -0.2) is 19.3 Å². The minimum Gasteiger partial charge on any atom is -0.246 e. The maximum Gasteiger partial charge on any atom is 0.348 e. The van der Waals surface area contributed by atoms with Gasteiger partial charge in [-0.15, -0.1) is 0 Å². The zero-order valence-electron chi connectivity index (χ0n) is 7.57. The van der Waals surface area contributed by atoms with Crippen LogP contribution in [0.25, 0.3) is 5.65 Å². The van der Waals surface area contributed by atoms with Crippen molar-refractivity contribution in [3.05, 3.63) is 28.6 Å². The molecule has 2 aromatic heterocycles. The molecule has 0 aliphatic heterocycles. The predicted molar refractivity (Wildman–Crippen MR) is 55.7 cm³/mol. The maximum absolute atomic E-state index is 11.1. The third kappa shape index (κ3) is 1.70. The fraction of sp³-hybridized carbons (Fsp3) is 0.375. The van der Waals surface area contributed by atoms with Crippen LogP contribution in [-0.2, 0) is 6.42 Å². The van der Waals surface area contributed by atoms with Crippen LogP contribution in [0.5, 0.6) is 0 Å². The Morgan fingerprint density at radius 2 is 2.50 bits per heavy atom. The molecule has 0 amide bonds. The number of halogens is 1. The molecule has 0 fully saturated rings. The second-order valence-electron chi connectivity index (χ2n) is 3.12. The van der Waals surface area contributed by atoms with Crippen LogP contribution in [0.3, 0.4) is 0 Å². The average molecular weight is 257 g/mol. The molecule has 0 radical (unpaired) electrons. The van der Waals surface area contributed by atoms with Crippen LogP contribution in [0.2, 0.25) is 0 Å². The molecular formula is C8H9BrN4O. The first-order valence-electron chi connectivity index (χ1n) is 4.22. The summed E-state index contributed by atoms with van der Waals surface area (Å²) in [6, 6.07) is 1.80. The second-order valence-corrected chi connectivity index (χ2v) is 4.69. The summed E-state index contributed by atoms with van der Waals surface area (Å²) in [4.78, 5) is 15.6. The van der Waals surface area contributed by atoms with E-state index in [4.69, 9.17) is 0 Å². The van der Waals surface area contributed by atoms with Crippen molar-refractivity contribution in [2.45, 2.75) is 18.2 Å². The quantitative estimate of drug-likeness (QED) is 0.807. The van der Waals surface area contributed by atoms with Crippen molar-refractivity contribution in [1.29, 1.82) is 0 Å². The van der Waals surface area contributed by atoms with Gasteiger partial charge >= 0.3 is 5.69 Å². The zero-order valence-corrected chi connectivity index (χ0v) is 9.15. The molecule has 2 rings (SSSR count). The number of fused-ring (bicyclic) bond motifs is 1. The van der Waals surface area contributed by atoms with Gasteiger partial charge in [-0.2, -0.15) is 5.10 Å². The highest BCUT2D eigenvalue weighted by atomic mass is 79.9. The Hall–Kier alpha value is -1.17. The van der Waals surface area contributed by atoms with Crippen molar-refractivity contribution in [3.63, 3.8) is 0 Å². The molecule has 0 saturated carbocycles. The number of alkyl halides is 1. The maximum atomic E-state index is 11.1. The first-order valence-corrected chi connectivity index (χ1v) is 5.14. The number of rotatable bonds is 2. The molecule has 5 nitrogen and oxygen atoms in total. The highest BCUT2D eigenvalue weighted by molar-refractivity contribution is 9.09. The molecule has 0 aliphatic rings. The van der Waals surface area contributed by atoms with Crippen LogP contribution in [0.1, 0.15) is 12.6 Å². The summed E-state index contributed by atoms with van der Waals surface area (Å²) in [5, 5.41) is 6.22. The average Bonchev–Trinajstić information content (AvgIpc) is 2.46. The van der Waals surface area contributed by atoms with E-state index in [1.165, 1.54) is 10.7 Å². The molecular weight excluding hydrogens is 248 g/mol. The zero-order chi connectivity index (χ0) is 10.1. The van der Waals surface area contributed by atoms with E-state index in [1.807, 2.05) is 6.92 Å². The predicted octanol–water partition coefficient (Wildman–Crippen LogP) is 0.743. The smallest absolute Gasteiger partial charge is 0.246 e. The van der Waals surface area contributed by atoms with E-state index < -0.39 is 0 Å². The molecule has 2 aromatic rings. The Labute approximate surface area is 88.3 Å². The van der Waals surface area contributed by atoms with Gasteiger partial charge < -0.3 is 0 Å². The van der Waals surface area contributed by atoms with E-state index in [2.05, 4.69) is 31.1 Å². The minimum absolute atomic E-state index is 0.258. The van der Waals surface area contributed by atoms with E-state index >= 15 is 0 Å². The van der Waals surface area contributed by atoms with E-state index in [9.17, 15) is 4.79 Å². The summed E-state index contributed by atoms with van der Waals surface area (Å²) < 4.78 is 1.38. The molecule has 1 unspecified atom stereocenters. The van der Waals surface area contributed by atoms with Gasteiger partial charge in [-0.05, 0) is 0 Å². The van der Waals surface area contributed by atoms with Crippen LogP contribution < -0.4 is 5.69 Å². The lowest BCUT2D eigenvalue weighted by Gasteiger charge is -2.01. The van der Waals surface area contributed by atoms with Crippen molar-refractivity contribution in [2.24, 2.45) is 0 Å². The number of nitrogens with zero attached hydrogens (tertiary/aromatic N) is 3. The molecule has 2 heterocycles. The van der Waals surface area contributed by atoms with E-state index in [0.29, 0.717) is 10.5 Å². The molecule has 6 heteroatoms. The van der Waals surface area contributed by atoms with Crippen molar-refractivity contribution in [2.75, 3.05) is 0 Å². The molecule has 14 heavy (non-hydrogen) atoms. The van der Waals surface area contributed by atoms with E-state index in [1.54, 1.807) is 6.07 Å². The standard InChI is InChI=1S/C8H9BrN4O/c1-5(9)2-6-3-7-11-12-8(14)13(7)4-10-6/h3-5H,2H2,1H3,(H,12,14). The molecule has 0 bridgehead atoms. The summed E-state index contributed by atoms with van der Waals surface area (Å²) in [6.07, 6.45) is 2.31. The molecule has 0 aromatic carbocycles. The van der Waals surface area contributed by atoms with Crippen LogP contribution in [-0.4, -0.2) is 24.4 Å². The van der Waals surface area contributed by atoms with Gasteiger partial charge in [0.1, 0.15) is 6.33 Å². The Morgan fingerprint density at radius 3 is 3.21 bits per heavy atom. The number of hydrogen-bond donors (Lipinski definition) is 1. The molecule has 0 spiro atoms. The number of aromatic nitrogens is 4.